The zero-order valence-electron chi connectivity index (χ0n) is 12.2. The summed E-state index contributed by atoms with van der Waals surface area (Å²) in [5, 5.41) is 3.61. The molecule has 1 atom stereocenters. The molecule has 0 spiro atoms. The molecule has 0 unspecified atom stereocenters. The summed E-state index contributed by atoms with van der Waals surface area (Å²) in [6, 6.07) is 9.53. The monoisotopic (exact) mass is 300 g/mol. The van der Waals surface area contributed by atoms with Gasteiger partial charge in [0, 0.05) is 10.6 Å². The summed E-state index contributed by atoms with van der Waals surface area (Å²) >= 11 is 1.59. The summed E-state index contributed by atoms with van der Waals surface area (Å²) in [7, 11) is 0. The molecule has 1 amide bonds. The lowest BCUT2D eigenvalue weighted by molar-refractivity contribution is 0.102. The maximum atomic E-state index is 12.5. The fraction of sp³-hybridized carbons (Fsp3) is 0.353. The summed E-state index contributed by atoms with van der Waals surface area (Å²) in [5.74, 6) is 0.659. The van der Waals surface area contributed by atoms with Crippen LogP contribution >= 0.6 is 11.3 Å². The molecule has 1 aromatic carbocycles. The van der Waals surface area contributed by atoms with E-state index in [4.69, 9.17) is 5.73 Å². The van der Waals surface area contributed by atoms with Gasteiger partial charge in [-0.2, -0.15) is 0 Å². The Hall–Kier alpha value is -1.81. The van der Waals surface area contributed by atoms with Crippen molar-refractivity contribution in [3.63, 3.8) is 0 Å². The van der Waals surface area contributed by atoms with E-state index < -0.39 is 0 Å². The third kappa shape index (κ3) is 2.81. The van der Waals surface area contributed by atoms with Crippen molar-refractivity contribution in [1.82, 2.24) is 0 Å². The van der Waals surface area contributed by atoms with Crippen molar-refractivity contribution in [2.24, 2.45) is 5.92 Å². The number of fused-ring (bicyclic) bond motifs is 1. The number of carbonyl (C=O) groups excluding carboxylic acids is 1. The van der Waals surface area contributed by atoms with Gasteiger partial charge < -0.3 is 11.1 Å². The molecule has 3 rings (SSSR count). The number of para-hydroxylation sites is 1. The quantitative estimate of drug-likeness (QED) is 0.896. The van der Waals surface area contributed by atoms with E-state index in [-0.39, 0.29) is 5.91 Å². The minimum Gasteiger partial charge on any atom is -0.390 e. The van der Waals surface area contributed by atoms with Gasteiger partial charge in [-0.15, -0.1) is 11.3 Å². The normalized spacial score (nSPS) is 17.3. The van der Waals surface area contributed by atoms with Crippen molar-refractivity contribution in [3.05, 3.63) is 46.3 Å². The van der Waals surface area contributed by atoms with Crippen molar-refractivity contribution >= 4 is 27.9 Å². The number of amides is 1. The maximum Gasteiger partial charge on any atom is 0.258 e. The minimum atomic E-state index is -0.0776. The van der Waals surface area contributed by atoms with Crippen LogP contribution in [0.25, 0.3) is 0 Å². The molecular weight excluding hydrogens is 280 g/mol. The van der Waals surface area contributed by atoms with Crippen molar-refractivity contribution in [2.75, 3.05) is 11.1 Å². The lowest BCUT2D eigenvalue weighted by atomic mass is 9.85. The molecule has 1 aromatic heterocycles. The first-order valence-corrected chi connectivity index (χ1v) is 8.27. The van der Waals surface area contributed by atoms with Crippen LogP contribution in [0, 0.1) is 5.92 Å². The number of rotatable bonds is 3. The van der Waals surface area contributed by atoms with Crippen molar-refractivity contribution in [3.8, 4) is 0 Å². The molecule has 1 heterocycles. The van der Waals surface area contributed by atoms with E-state index >= 15 is 0 Å². The molecule has 0 bridgehead atoms. The Morgan fingerprint density at radius 3 is 2.86 bits per heavy atom. The smallest absolute Gasteiger partial charge is 0.258 e. The maximum absolute atomic E-state index is 12.5. The molecule has 2 aromatic rings. The molecule has 0 saturated carbocycles. The third-order valence-corrected chi connectivity index (χ3v) is 5.31. The number of hydrogen-bond donors (Lipinski definition) is 2. The summed E-state index contributed by atoms with van der Waals surface area (Å²) in [4.78, 5) is 13.8. The Kier molecular flexibility index (Phi) is 3.97. The van der Waals surface area contributed by atoms with Crippen LogP contribution in [0.1, 0.15) is 40.6 Å². The average molecular weight is 300 g/mol. The van der Waals surface area contributed by atoms with Crippen LogP contribution in [0.2, 0.25) is 0 Å². The van der Waals surface area contributed by atoms with Gasteiger partial charge in [-0.05, 0) is 42.9 Å². The van der Waals surface area contributed by atoms with Gasteiger partial charge in [-0.25, -0.2) is 0 Å². The second-order valence-corrected chi connectivity index (χ2v) is 6.72. The standard InChI is InChI=1S/C17H20N2OS/c1-2-11-8-9-13-14(10-11)21-16(18)15(13)17(20)19-12-6-4-3-5-7-12/h3-7,11H,2,8-10,18H2,1H3,(H,19,20)/t11-/m1/s1. The molecule has 110 valence electrons. The number of nitrogen functional groups attached to an aromatic ring is 1. The highest BCUT2D eigenvalue weighted by Gasteiger charge is 2.27. The van der Waals surface area contributed by atoms with Gasteiger partial charge >= 0.3 is 0 Å². The predicted molar refractivity (Wildman–Crippen MR) is 88.9 cm³/mol. The first-order valence-electron chi connectivity index (χ1n) is 7.45. The van der Waals surface area contributed by atoms with Crippen LogP contribution in [0.4, 0.5) is 10.7 Å². The number of benzene rings is 1. The first-order chi connectivity index (χ1) is 10.2. The van der Waals surface area contributed by atoms with Gasteiger partial charge in [0.15, 0.2) is 0 Å². The highest BCUT2D eigenvalue weighted by molar-refractivity contribution is 7.16. The molecule has 1 aliphatic carbocycles. The van der Waals surface area contributed by atoms with E-state index in [9.17, 15) is 4.79 Å². The molecule has 0 saturated heterocycles. The largest absolute Gasteiger partial charge is 0.390 e. The summed E-state index contributed by atoms with van der Waals surface area (Å²) in [5.41, 5.74) is 8.81. The molecule has 1 aliphatic rings. The Morgan fingerprint density at radius 2 is 2.14 bits per heavy atom. The molecule has 0 aliphatic heterocycles. The number of anilines is 2. The topological polar surface area (TPSA) is 55.1 Å². The van der Waals surface area contributed by atoms with E-state index in [0.717, 1.165) is 30.9 Å². The Bertz CT molecular complexity index is 648. The lowest BCUT2D eigenvalue weighted by Crippen LogP contribution is -2.18. The SMILES string of the molecule is CC[C@@H]1CCc2c(sc(N)c2C(=O)Nc2ccccc2)C1. The van der Waals surface area contributed by atoms with E-state index in [2.05, 4.69) is 12.2 Å². The molecule has 4 heteroatoms. The Labute approximate surface area is 129 Å². The highest BCUT2D eigenvalue weighted by atomic mass is 32.1. The fourth-order valence-corrected chi connectivity index (χ4v) is 4.22. The Morgan fingerprint density at radius 1 is 1.38 bits per heavy atom. The number of nitrogens with two attached hydrogens (primary N) is 1. The van der Waals surface area contributed by atoms with Crippen LogP contribution in [-0.2, 0) is 12.8 Å². The summed E-state index contributed by atoms with van der Waals surface area (Å²) in [6.45, 7) is 2.23. The second kappa shape index (κ2) is 5.90. The number of carbonyl (C=O) groups is 1. The third-order valence-electron chi connectivity index (χ3n) is 4.23. The van der Waals surface area contributed by atoms with E-state index in [1.165, 1.54) is 16.9 Å². The predicted octanol–water partition coefficient (Wildman–Crippen LogP) is 4.10. The van der Waals surface area contributed by atoms with Crippen molar-refractivity contribution in [1.29, 1.82) is 0 Å². The average Bonchev–Trinajstić information content (AvgIpc) is 2.83. The van der Waals surface area contributed by atoms with Crippen LogP contribution in [0.5, 0.6) is 0 Å². The number of thiophene rings is 1. The van der Waals surface area contributed by atoms with Crippen LogP contribution in [0.15, 0.2) is 30.3 Å². The Balaban J connectivity index is 1.86. The molecule has 21 heavy (non-hydrogen) atoms. The summed E-state index contributed by atoms with van der Waals surface area (Å²) < 4.78 is 0. The number of nitrogens with one attached hydrogen (secondary N) is 1. The van der Waals surface area contributed by atoms with Gasteiger partial charge in [0.2, 0.25) is 0 Å². The molecule has 3 N–H and O–H groups in total. The van der Waals surface area contributed by atoms with Crippen LogP contribution in [0.3, 0.4) is 0 Å². The lowest BCUT2D eigenvalue weighted by Gasteiger charge is -2.21. The number of hydrogen-bond acceptors (Lipinski definition) is 3. The van der Waals surface area contributed by atoms with Crippen molar-refractivity contribution in [2.45, 2.75) is 32.6 Å². The van der Waals surface area contributed by atoms with E-state index in [1.54, 1.807) is 11.3 Å². The zero-order valence-corrected chi connectivity index (χ0v) is 13.0. The molecule has 0 radical (unpaired) electrons. The van der Waals surface area contributed by atoms with E-state index in [0.29, 0.717) is 10.6 Å². The van der Waals surface area contributed by atoms with Gasteiger partial charge in [0.1, 0.15) is 0 Å². The van der Waals surface area contributed by atoms with Crippen molar-refractivity contribution < 1.29 is 4.79 Å². The van der Waals surface area contributed by atoms with Gasteiger partial charge in [0.25, 0.3) is 5.91 Å². The summed E-state index contributed by atoms with van der Waals surface area (Å²) in [6.07, 6.45) is 4.40. The van der Waals surface area contributed by atoms with Gasteiger partial charge in [-0.1, -0.05) is 31.5 Å². The molecular formula is C17H20N2OS. The van der Waals surface area contributed by atoms with Crippen LogP contribution in [-0.4, -0.2) is 5.91 Å². The van der Waals surface area contributed by atoms with Gasteiger partial charge in [-0.3, -0.25) is 4.79 Å². The zero-order chi connectivity index (χ0) is 14.8. The van der Waals surface area contributed by atoms with Crippen LogP contribution < -0.4 is 11.1 Å². The fourth-order valence-electron chi connectivity index (χ4n) is 2.99. The minimum absolute atomic E-state index is 0.0776. The second-order valence-electron chi connectivity index (χ2n) is 5.58. The van der Waals surface area contributed by atoms with E-state index in [1.807, 2.05) is 30.3 Å². The van der Waals surface area contributed by atoms with Gasteiger partial charge in [0.05, 0.1) is 10.6 Å². The molecule has 3 nitrogen and oxygen atoms in total. The molecule has 0 fully saturated rings. The first kappa shape index (κ1) is 14.1. The highest BCUT2D eigenvalue weighted by Crippen LogP contribution is 2.39.